The zero-order chi connectivity index (χ0) is 17.5. The lowest BCUT2D eigenvalue weighted by atomic mass is 10.2. The van der Waals surface area contributed by atoms with Crippen LogP contribution in [0, 0.1) is 10.5 Å². The number of anilines is 1. The Balaban J connectivity index is 1.94. The van der Waals surface area contributed by atoms with E-state index in [0.717, 1.165) is 20.4 Å². The Morgan fingerprint density at radius 3 is 2.54 bits per heavy atom. The molecule has 0 fully saturated rings. The predicted molar refractivity (Wildman–Crippen MR) is 103 cm³/mol. The van der Waals surface area contributed by atoms with Gasteiger partial charge in [0.1, 0.15) is 5.75 Å². The lowest BCUT2D eigenvalue weighted by Crippen LogP contribution is -2.19. The number of nitrogens with two attached hydrogens (primary N) is 1. The molecule has 124 valence electrons. The van der Waals surface area contributed by atoms with Crippen LogP contribution in [0.2, 0.25) is 0 Å². The van der Waals surface area contributed by atoms with Crippen molar-refractivity contribution in [2.24, 2.45) is 5.73 Å². The van der Waals surface area contributed by atoms with Gasteiger partial charge >= 0.3 is 0 Å². The van der Waals surface area contributed by atoms with Crippen molar-refractivity contribution >= 4 is 46.2 Å². The van der Waals surface area contributed by atoms with Gasteiger partial charge < -0.3 is 15.8 Å². The second-order valence-corrected chi connectivity index (χ2v) is 6.35. The van der Waals surface area contributed by atoms with Crippen LogP contribution in [0.1, 0.15) is 11.1 Å². The van der Waals surface area contributed by atoms with Crippen LogP contribution in [0.25, 0.3) is 6.08 Å². The number of amides is 2. The maximum absolute atomic E-state index is 12.0. The Labute approximate surface area is 154 Å². The zero-order valence-electron chi connectivity index (χ0n) is 13.1. The SMILES string of the molecule is Cc1cc(I)ccc1NC(=O)/C=C/c1ccc(OCC(N)=O)cc1. The highest BCUT2D eigenvalue weighted by atomic mass is 127. The molecule has 2 aromatic carbocycles. The Hall–Kier alpha value is -2.35. The first-order valence-electron chi connectivity index (χ1n) is 7.20. The van der Waals surface area contributed by atoms with Gasteiger partial charge in [-0.1, -0.05) is 12.1 Å². The molecule has 0 atom stereocenters. The second-order valence-electron chi connectivity index (χ2n) is 5.11. The van der Waals surface area contributed by atoms with Crippen molar-refractivity contribution in [1.29, 1.82) is 0 Å². The van der Waals surface area contributed by atoms with Gasteiger partial charge in [-0.3, -0.25) is 9.59 Å². The van der Waals surface area contributed by atoms with Gasteiger partial charge in [0.15, 0.2) is 6.61 Å². The molecule has 0 bridgehead atoms. The number of benzene rings is 2. The molecular weight excluding hydrogens is 419 g/mol. The van der Waals surface area contributed by atoms with Crippen molar-refractivity contribution in [1.82, 2.24) is 0 Å². The highest BCUT2D eigenvalue weighted by molar-refractivity contribution is 14.1. The maximum Gasteiger partial charge on any atom is 0.255 e. The molecule has 0 spiro atoms. The summed E-state index contributed by atoms with van der Waals surface area (Å²) in [6.45, 7) is 1.79. The molecular formula is C18H17IN2O3. The standard InChI is InChI=1S/C18H17IN2O3/c1-12-10-14(19)5-8-16(12)21-18(23)9-4-13-2-6-15(7-3-13)24-11-17(20)22/h2-10H,11H2,1H3,(H2,20,22)(H,21,23)/b9-4+. The van der Waals surface area contributed by atoms with Gasteiger partial charge in [0, 0.05) is 15.3 Å². The molecule has 0 aliphatic rings. The summed E-state index contributed by atoms with van der Waals surface area (Å²) in [7, 11) is 0. The van der Waals surface area contributed by atoms with Crippen LogP contribution in [0.15, 0.2) is 48.5 Å². The molecule has 5 nitrogen and oxygen atoms in total. The Morgan fingerprint density at radius 1 is 1.21 bits per heavy atom. The van der Waals surface area contributed by atoms with E-state index in [-0.39, 0.29) is 12.5 Å². The number of carbonyl (C=O) groups excluding carboxylic acids is 2. The summed E-state index contributed by atoms with van der Waals surface area (Å²) in [5.41, 5.74) is 7.66. The fourth-order valence-electron chi connectivity index (χ4n) is 1.94. The van der Waals surface area contributed by atoms with Gasteiger partial charge in [-0.2, -0.15) is 0 Å². The maximum atomic E-state index is 12.0. The smallest absolute Gasteiger partial charge is 0.255 e. The predicted octanol–water partition coefficient (Wildman–Crippen LogP) is 3.12. The third-order valence-corrected chi connectivity index (χ3v) is 3.81. The van der Waals surface area contributed by atoms with E-state index in [0.29, 0.717) is 5.75 Å². The molecule has 0 aliphatic carbocycles. The molecule has 0 saturated carbocycles. The van der Waals surface area contributed by atoms with Crippen LogP contribution in [0.4, 0.5) is 5.69 Å². The Morgan fingerprint density at radius 2 is 1.92 bits per heavy atom. The van der Waals surface area contributed by atoms with Crippen LogP contribution in [0.5, 0.6) is 5.75 Å². The quantitative estimate of drug-likeness (QED) is 0.540. The Bertz CT molecular complexity index is 770. The zero-order valence-corrected chi connectivity index (χ0v) is 15.2. The van der Waals surface area contributed by atoms with Crippen LogP contribution < -0.4 is 15.8 Å². The number of carbonyl (C=O) groups is 2. The lowest BCUT2D eigenvalue weighted by molar-refractivity contribution is -0.120. The van der Waals surface area contributed by atoms with Crippen LogP contribution in [-0.2, 0) is 9.59 Å². The number of halogens is 1. The van der Waals surface area contributed by atoms with E-state index >= 15 is 0 Å². The van der Waals surface area contributed by atoms with E-state index in [1.165, 1.54) is 6.08 Å². The van der Waals surface area contributed by atoms with Gasteiger partial charge in [-0.15, -0.1) is 0 Å². The summed E-state index contributed by atoms with van der Waals surface area (Å²) in [5, 5.41) is 2.85. The molecule has 2 rings (SSSR count). The minimum absolute atomic E-state index is 0.160. The summed E-state index contributed by atoms with van der Waals surface area (Å²) >= 11 is 2.23. The first kappa shape index (κ1) is 18.0. The van der Waals surface area contributed by atoms with Crippen LogP contribution in [-0.4, -0.2) is 18.4 Å². The number of aryl methyl sites for hydroxylation is 1. The summed E-state index contributed by atoms with van der Waals surface area (Å²) in [6, 6.07) is 12.8. The topological polar surface area (TPSA) is 81.4 Å². The third-order valence-electron chi connectivity index (χ3n) is 3.13. The third kappa shape index (κ3) is 5.69. The van der Waals surface area contributed by atoms with E-state index < -0.39 is 5.91 Å². The van der Waals surface area contributed by atoms with Gasteiger partial charge in [0.25, 0.3) is 5.91 Å². The molecule has 0 aromatic heterocycles. The number of primary amides is 1. The van der Waals surface area contributed by atoms with E-state index in [2.05, 4.69) is 27.9 Å². The van der Waals surface area contributed by atoms with Gasteiger partial charge in [0.2, 0.25) is 5.91 Å². The minimum Gasteiger partial charge on any atom is -0.484 e. The fraction of sp³-hybridized carbons (Fsp3) is 0.111. The summed E-state index contributed by atoms with van der Waals surface area (Å²) in [6.07, 6.45) is 3.17. The molecule has 0 aliphatic heterocycles. The number of ether oxygens (including phenoxy) is 1. The summed E-state index contributed by atoms with van der Waals surface area (Å²) in [4.78, 5) is 22.6. The van der Waals surface area contributed by atoms with Crippen molar-refractivity contribution in [2.75, 3.05) is 11.9 Å². The molecule has 24 heavy (non-hydrogen) atoms. The largest absolute Gasteiger partial charge is 0.484 e. The molecule has 6 heteroatoms. The molecule has 0 heterocycles. The number of hydrogen-bond donors (Lipinski definition) is 2. The highest BCUT2D eigenvalue weighted by Gasteiger charge is 2.02. The van der Waals surface area contributed by atoms with E-state index in [1.807, 2.05) is 25.1 Å². The van der Waals surface area contributed by atoms with Crippen LogP contribution in [0.3, 0.4) is 0 Å². The van der Waals surface area contributed by atoms with E-state index in [9.17, 15) is 9.59 Å². The molecule has 2 amide bonds. The molecule has 0 saturated heterocycles. The monoisotopic (exact) mass is 436 g/mol. The van der Waals surface area contributed by atoms with Gasteiger partial charge in [0.05, 0.1) is 0 Å². The fourth-order valence-corrected chi connectivity index (χ4v) is 2.59. The molecule has 0 unspecified atom stereocenters. The molecule has 3 N–H and O–H groups in total. The van der Waals surface area contributed by atoms with Crippen molar-refractivity contribution in [3.63, 3.8) is 0 Å². The normalized spacial score (nSPS) is 10.6. The van der Waals surface area contributed by atoms with Crippen molar-refractivity contribution < 1.29 is 14.3 Å². The van der Waals surface area contributed by atoms with E-state index in [4.69, 9.17) is 10.5 Å². The molecule has 0 radical (unpaired) electrons. The lowest BCUT2D eigenvalue weighted by Gasteiger charge is -2.06. The summed E-state index contributed by atoms with van der Waals surface area (Å²) < 4.78 is 6.29. The number of rotatable bonds is 6. The average molecular weight is 436 g/mol. The number of nitrogens with one attached hydrogen (secondary N) is 1. The van der Waals surface area contributed by atoms with Gasteiger partial charge in [-0.05, 0) is 77.0 Å². The van der Waals surface area contributed by atoms with E-state index in [1.54, 1.807) is 30.3 Å². The first-order valence-corrected chi connectivity index (χ1v) is 8.28. The minimum atomic E-state index is -0.526. The van der Waals surface area contributed by atoms with Gasteiger partial charge in [-0.25, -0.2) is 0 Å². The highest BCUT2D eigenvalue weighted by Crippen LogP contribution is 2.18. The van der Waals surface area contributed by atoms with Crippen molar-refractivity contribution in [2.45, 2.75) is 6.92 Å². The first-order chi connectivity index (χ1) is 11.4. The van der Waals surface area contributed by atoms with Crippen molar-refractivity contribution in [3.05, 3.63) is 63.2 Å². The average Bonchev–Trinajstić information content (AvgIpc) is 2.54. The van der Waals surface area contributed by atoms with Crippen molar-refractivity contribution in [3.8, 4) is 5.75 Å². The Kier molecular flexibility index (Phi) is 6.36. The number of hydrogen-bond acceptors (Lipinski definition) is 3. The molecule has 2 aromatic rings. The van der Waals surface area contributed by atoms with Crippen LogP contribution >= 0.6 is 22.6 Å². The summed E-state index contributed by atoms with van der Waals surface area (Å²) in [5.74, 6) is -0.181. The second kappa shape index (κ2) is 8.49.